The molecule has 3 unspecified atom stereocenters. The molecule has 4 rings (SSSR count). The van der Waals surface area contributed by atoms with E-state index in [4.69, 9.17) is 0 Å². The van der Waals surface area contributed by atoms with Crippen molar-refractivity contribution < 1.29 is 0 Å². The quantitative estimate of drug-likeness (QED) is 0.699. The van der Waals surface area contributed by atoms with Gasteiger partial charge in [-0.2, -0.15) is 0 Å². The third-order valence-electron chi connectivity index (χ3n) is 5.78. The van der Waals surface area contributed by atoms with E-state index in [0.29, 0.717) is 17.9 Å². The molecule has 1 aliphatic carbocycles. The lowest BCUT2D eigenvalue weighted by Gasteiger charge is -2.32. The smallest absolute Gasteiger partial charge is 0.0378 e. The molecule has 0 bridgehead atoms. The summed E-state index contributed by atoms with van der Waals surface area (Å²) in [5.74, 6) is 1.38. The second-order valence-electron chi connectivity index (χ2n) is 8.33. The summed E-state index contributed by atoms with van der Waals surface area (Å²) in [5, 5.41) is 3.79. The Kier molecular flexibility index (Phi) is 3.48. The molecule has 0 spiro atoms. The summed E-state index contributed by atoms with van der Waals surface area (Å²) in [6.45, 7) is 6.92. The fourth-order valence-electron chi connectivity index (χ4n) is 4.38. The van der Waals surface area contributed by atoms with Crippen LogP contribution in [-0.2, 0) is 5.41 Å². The highest BCUT2D eigenvalue weighted by Gasteiger charge is 2.38. The first-order valence-corrected chi connectivity index (χ1v) is 8.98. The predicted molar refractivity (Wildman–Crippen MR) is 98.3 cm³/mol. The lowest BCUT2D eigenvalue weighted by Crippen LogP contribution is -2.27. The first-order valence-electron chi connectivity index (χ1n) is 8.98. The Morgan fingerprint density at radius 2 is 1.74 bits per heavy atom. The molecular formula is C22H27N. The molecule has 1 aliphatic heterocycles. The van der Waals surface area contributed by atoms with Crippen LogP contribution in [0.5, 0.6) is 0 Å². The first kappa shape index (κ1) is 14.8. The van der Waals surface area contributed by atoms with E-state index < -0.39 is 0 Å². The summed E-state index contributed by atoms with van der Waals surface area (Å²) in [4.78, 5) is 0. The highest BCUT2D eigenvalue weighted by molar-refractivity contribution is 5.61. The first-order chi connectivity index (χ1) is 11.0. The van der Waals surface area contributed by atoms with Gasteiger partial charge in [0.15, 0.2) is 0 Å². The Labute approximate surface area is 140 Å². The van der Waals surface area contributed by atoms with Crippen LogP contribution >= 0.6 is 0 Å². The average Bonchev–Trinajstić information content (AvgIpc) is 2.92. The number of hydrogen-bond donors (Lipinski definition) is 1. The van der Waals surface area contributed by atoms with Crippen LogP contribution in [0, 0.1) is 0 Å². The summed E-state index contributed by atoms with van der Waals surface area (Å²) in [7, 11) is 0. The monoisotopic (exact) mass is 305 g/mol. The minimum atomic E-state index is 0.223. The Hall–Kier alpha value is -1.76. The number of anilines is 1. The van der Waals surface area contributed by atoms with Gasteiger partial charge in [0.25, 0.3) is 0 Å². The van der Waals surface area contributed by atoms with Crippen LogP contribution < -0.4 is 5.32 Å². The van der Waals surface area contributed by atoms with Crippen molar-refractivity contribution in [1.82, 2.24) is 0 Å². The van der Waals surface area contributed by atoms with E-state index in [9.17, 15) is 0 Å². The largest absolute Gasteiger partial charge is 0.381 e. The van der Waals surface area contributed by atoms with E-state index >= 15 is 0 Å². The third-order valence-corrected chi connectivity index (χ3v) is 5.78. The number of fused-ring (bicyclic) bond motifs is 3. The van der Waals surface area contributed by atoms with Crippen molar-refractivity contribution in [3.63, 3.8) is 0 Å². The molecule has 0 saturated heterocycles. The van der Waals surface area contributed by atoms with Gasteiger partial charge in [-0.1, -0.05) is 63.2 Å². The number of benzene rings is 2. The third kappa shape index (κ3) is 2.67. The summed E-state index contributed by atoms with van der Waals surface area (Å²) in [5.41, 5.74) is 6.14. The molecule has 3 atom stereocenters. The maximum atomic E-state index is 3.79. The van der Waals surface area contributed by atoms with Crippen LogP contribution in [0.25, 0.3) is 0 Å². The van der Waals surface area contributed by atoms with E-state index in [-0.39, 0.29) is 5.41 Å². The van der Waals surface area contributed by atoms with Gasteiger partial charge < -0.3 is 5.32 Å². The maximum Gasteiger partial charge on any atom is 0.0378 e. The minimum absolute atomic E-state index is 0.223. The minimum Gasteiger partial charge on any atom is -0.381 e. The van der Waals surface area contributed by atoms with Gasteiger partial charge in [0, 0.05) is 17.6 Å². The fourth-order valence-corrected chi connectivity index (χ4v) is 4.38. The number of nitrogens with one attached hydrogen (secondary N) is 1. The van der Waals surface area contributed by atoms with Crippen LogP contribution in [0.4, 0.5) is 5.69 Å². The molecule has 2 aliphatic rings. The molecule has 0 radical (unpaired) electrons. The van der Waals surface area contributed by atoms with Gasteiger partial charge in [-0.15, -0.1) is 0 Å². The summed E-state index contributed by atoms with van der Waals surface area (Å²) >= 11 is 0. The molecule has 1 heteroatoms. The highest BCUT2D eigenvalue weighted by atomic mass is 15.0. The number of rotatable bonds is 1. The Morgan fingerprint density at radius 3 is 2.48 bits per heavy atom. The van der Waals surface area contributed by atoms with Gasteiger partial charge in [0.2, 0.25) is 0 Å². The van der Waals surface area contributed by atoms with Crippen LogP contribution in [0.2, 0.25) is 0 Å². The number of hydrogen-bond acceptors (Lipinski definition) is 1. The van der Waals surface area contributed by atoms with Crippen LogP contribution in [0.1, 0.15) is 68.6 Å². The van der Waals surface area contributed by atoms with Gasteiger partial charge in [0.05, 0.1) is 0 Å². The van der Waals surface area contributed by atoms with Gasteiger partial charge in [0.1, 0.15) is 0 Å². The molecule has 120 valence electrons. The zero-order chi connectivity index (χ0) is 16.0. The molecule has 1 nitrogen and oxygen atoms in total. The maximum absolute atomic E-state index is 3.79. The lowest BCUT2D eigenvalue weighted by molar-refractivity contribution is 0.377. The van der Waals surface area contributed by atoms with Crippen molar-refractivity contribution in [2.75, 3.05) is 5.32 Å². The Morgan fingerprint density at radius 1 is 0.957 bits per heavy atom. The fraction of sp³-hybridized carbons (Fsp3) is 0.455. The highest BCUT2D eigenvalue weighted by Crippen LogP contribution is 2.49. The van der Waals surface area contributed by atoms with E-state index in [1.54, 1.807) is 5.56 Å². The van der Waals surface area contributed by atoms with Crippen molar-refractivity contribution in [2.24, 2.45) is 0 Å². The van der Waals surface area contributed by atoms with E-state index in [1.165, 1.54) is 36.1 Å². The lowest BCUT2D eigenvalue weighted by atomic mass is 9.73. The zero-order valence-corrected chi connectivity index (χ0v) is 14.5. The molecule has 0 aromatic heterocycles. The second-order valence-corrected chi connectivity index (χ2v) is 8.33. The van der Waals surface area contributed by atoms with Crippen molar-refractivity contribution in [2.45, 2.75) is 63.3 Å². The summed E-state index contributed by atoms with van der Waals surface area (Å²) in [6.07, 6.45) is 3.87. The van der Waals surface area contributed by atoms with Gasteiger partial charge in [-0.25, -0.2) is 0 Å². The average molecular weight is 305 g/mol. The summed E-state index contributed by atoms with van der Waals surface area (Å²) in [6, 6.07) is 18.8. The molecular weight excluding hydrogens is 278 g/mol. The van der Waals surface area contributed by atoms with Gasteiger partial charge >= 0.3 is 0 Å². The van der Waals surface area contributed by atoms with Crippen molar-refractivity contribution in [3.05, 3.63) is 65.2 Å². The normalized spacial score (nSPS) is 26.3. The molecule has 1 saturated carbocycles. The second kappa shape index (κ2) is 5.40. The van der Waals surface area contributed by atoms with Gasteiger partial charge in [-0.3, -0.25) is 0 Å². The topological polar surface area (TPSA) is 12.0 Å². The standard InChI is InChI=1S/C22H27N/c1-22(2,3)17-10-12-21-19(14-17)18-13-16(9-11-20(18)23-21)15-7-5-4-6-8-15/h4-8,10,12,14,16,18,20,23H,9,11,13H2,1-3H3. The van der Waals surface area contributed by atoms with Crippen molar-refractivity contribution >= 4 is 5.69 Å². The predicted octanol–water partition coefficient (Wildman–Crippen LogP) is 5.83. The Balaban J connectivity index is 1.65. The molecule has 1 N–H and O–H groups in total. The van der Waals surface area contributed by atoms with E-state index in [1.807, 2.05) is 0 Å². The molecule has 23 heavy (non-hydrogen) atoms. The SMILES string of the molecule is CC(C)(C)c1ccc2c(c1)C1CC(c3ccccc3)CCC1N2. The van der Waals surface area contributed by atoms with Crippen LogP contribution in [0.3, 0.4) is 0 Å². The van der Waals surface area contributed by atoms with Crippen molar-refractivity contribution in [1.29, 1.82) is 0 Å². The summed E-state index contributed by atoms with van der Waals surface area (Å²) < 4.78 is 0. The zero-order valence-electron chi connectivity index (χ0n) is 14.5. The van der Waals surface area contributed by atoms with Gasteiger partial charge in [-0.05, 0) is 53.4 Å². The van der Waals surface area contributed by atoms with Crippen LogP contribution in [-0.4, -0.2) is 6.04 Å². The van der Waals surface area contributed by atoms with Crippen molar-refractivity contribution in [3.8, 4) is 0 Å². The van der Waals surface area contributed by atoms with Crippen LogP contribution in [0.15, 0.2) is 48.5 Å². The molecule has 1 fully saturated rings. The van der Waals surface area contributed by atoms with E-state index in [0.717, 1.165) is 0 Å². The van der Waals surface area contributed by atoms with E-state index in [2.05, 4.69) is 74.6 Å². The molecule has 0 amide bonds. The molecule has 1 heterocycles. The Bertz CT molecular complexity index is 696. The molecule has 2 aromatic rings. The molecule has 2 aromatic carbocycles.